The number of likely N-dealkylation sites (N-methyl/N-ethyl adjacent to an activating group) is 1. The van der Waals surface area contributed by atoms with Crippen molar-refractivity contribution in [3.63, 3.8) is 0 Å². The maximum absolute atomic E-state index is 13.4. The summed E-state index contributed by atoms with van der Waals surface area (Å²) >= 11 is 3.14. The molecule has 0 aromatic heterocycles. The number of nitrogens with two attached hydrogens (primary N) is 1. The molecule has 0 aliphatic rings. The molecule has 0 bridgehead atoms. The molecule has 1 unspecified atom stereocenters. The number of rotatable bonds is 6. The van der Waals surface area contributed by atoms with E-state index in [9.17, 15) is 4.39 Å². The van der Waals surface area contributed by atoms with Crippen molar-refractivity contribution in [2.24, 2.45) is 5.73 Å². The van der Waals surface area contributed by atoms with Gasteiger partial charge >= 0.3 is 0 Å². The first-order valence-corrected chi connectivity index (χ1v) is 6.37. The first-order chi connectivity index (χ1) is 8.04. The zero-order chi connectivity index (χ0) is 12.8. The van der Waals surface area contributed by atoms with Gasteiger partial charge in [0.15, 0.2) is 0 Å². The Hall–Kier alpha value is -0.490. The minimum Gasteiger partial charge on any atom is -0.329 e. The molecule has 96 valence electrons. The van der Waals surface area contributed by atoms with Crippen LogP contribution < -0.4 is 11.1 Å². The Labute approximate surface area is 110 Å². The third-order valence-electron chi connectivity index (χ3n) is 2.53. The van der Waals surface area contributed by atoms with Gasteiger partial charge in [-0.25, -0.2) is 4.39 Å². The van der Waals surface area contributed by atoms with E-state index in [0.29, 0.717) is 11.0 Å². The highest BCUT2D eigenvalue weighted by Crippen LogP contribution is 2.20. The van der Waals surface area contributed by atoms with E-state index in [1.165, 1.54) is 6.07 Å². The van der Waals surface area contributed by atoms with Crippen molar-refractivity contribution >= 4 is 15.9 Å². The number of nitrogens with one attached hydrogen (secondary N) is 1. The summed E-state index contributed by atoms with van der Waals surface area (Å²) in [5.41, 5.74) is 6.58. The molecular weight excluding hydrogens is 285 g/mol. The smallest absolute Gasteiger partial charge is 0.137 e. The van der Waals surface area contributed by atoms with Gasteiger partial charge in [-0.1, -0.05) is 6.07 Å². The van der Waals surface area contributed by atoms with Crippen molar-refractivity contribution in [2.75, 3.05) is 33.7 Å². The number of hydrogen-bond acceptors (Lipinski definition) is 3. The van der Waals surface area contributed by atoms with Crippen LogP contribution in [0, 0.1) is 5.82 Å². The van der Waals surface area contributed by atoms with Crippen molar-refractivity contribution in [3.8, 4) is 0 Å². The average Bonchev–Trinajstić information content (AvgIpc) is 2.28. The summed E-state index contributed by atoms with van der Waals surface area (Å²) in [5, 5.41) is 3.32. The highest BCUT2D eigenvalue weighted by molar-refractivity contribution is 9.10. The zero-order valence-electron chi connectivity index (χ0n) is 10.2. The second-order valence-corrected chi connectivity index (χ2v) is 5.07. The Morgan fingerprint density at radius 3 is 2.71 bits per heavy atom. The van der Waals surface area contributed by atoms with Crippen LogP contribution in [0.3, 0.4) is 0 Å². The summed E-state index contributed by atoms with van der Waals surface area (Å²) in [6.07, 6.45) is 0. The molecule has 0 heterocycles. The molecule has 0 amide bonds. The van der Waals surface area contributed by atoms with Crippen molar-refractivity contribution in [3.05, 3.63) is 34.1 Å². The van der Waals surface area contributed by atoms with E-state index in [1.807, 2.05) is 20.2 Å². The Balaban J connectivity index is 2.62. The van der Waals surface area contributed by atoms with Gasteiger partial charge in [-0.2, -0.15) is 0 Å². The van der Waals surface area contributed by atoms with Crippen molar-refractivity contribution in [1.29, 1.82) is 0 Å². The summed E-state index contributed by atoms with van der Waals surface area (Å²) in [6.45, 7) is 2.20. The first-order valence-electron chi connectivity index (χ1n) is 5.57. The molecule has 0 aliphatic heterocycles. The molecule has 0 spiro atoms. The van der Waals surface area contributed by atoms with E-state index in [4.69, 9.17) is 5.73 Å². The fourth-order valence-electron chi connectivity index (χ4n) is 1.53. The molecule has 17 heavy (non-hydrogen) atoms. The molecule has 0 saturated carbocycles. The summed E-state index contributed by atoms with van der Waals surface area (Å²) in [7, 11) is 4.02. The van der Waals surface area contributed by atoms with Crippen LogP contribution in [0.2, 0.25) is 0 Å². The number of halogens is 2. The van der Waals surface area contributed by atoms with Gasteiger partial charge in [0.05, 0.1) is 4.47 Å². The van der Waals surface area contributed by atoms with E-state index >= 15 is 0 Å². The zero-order valence-corrected chi connectivity index (χ0v) is 11.8. The number of hydrogen-bond donors (Lipinski definition) is 2. The molecule has 5 heteroatoms. The van der Waals surface area contributed by atoms with E-state index in [1.54, 1.807) is 6.07 Å². The average molecular weight is 304 g/mol. The van der Waals surface area contributed by atoms with Gasteiger partial charge in [-0.15, -0.1) is 0 Å². The molecule has 3 nitrogen and oxygen atoms in total. The molecule has 1 aromatic carbocycles. The third-order valence-corrected chi connectivity index (χ3v) is 3.17. The lowest BCUT2D eigenvalue weighted by Crippen LogP contribution is -2.33. The summed E-state index contributed by atoms with van der Waals surface area (Å²) < 4.78 is 13.9. The summed E-state index contributed by atoms with van der Waals surface area (Å²) in [6, 6.07) is 5.11. The van der Waals surface area contributed by atoms with Gasteiger partial charge in [0.2, 0.25) is 0 Å². The minimum atomic E-state index is -0.254. The fraction of sp³-hybridized carbons (Fsp3) is 0.500. The van der Waals surface area contributed by atoms with E-state index < -0.39 is 0 Å². The van der Waals surface area contributed by atoms with Gasteiger partial charge in [0.25, 0.3) is 0 Å². The molecule has 3 N–H and O–H groups in total. The van der Waals surface area contributed by atoms with Crippen LogP contribution in [-0.2, 0) is 0 Å². The summed E-state index contributed by atoms with van der Waals surface area (Å²) in [4.78, 5) is 2.09. The van der Waals surface area contributed by atoms with Crippen LogP contribution in [0.4, 0.5) is 4.39 Å². The van der Waals surface area contributed by atoms with Crippen LogP contribution in [0.25, 0.3) is 0 Å². The molecule has 1 aromatic rings. The molecular formula is C12H19BrFN3. The SMILES string of the molecule is CN(C)CCNC(CN)c1ccc(Br)c(F)c1. The van der Waals surface area contributed by atoms with Crippen molar-refractivity contribution < 1.29 is 4.39 Å². The second kappa shape index (κ2) is 7.06. The van der Waals surface area contributed by atoms with Crippen LogP contribution >= 0.6 is 15.9 Å². The maximum atomic E-state index is 13.4. The fourth-order valence-corrected chi connectivity index (χ4v) is 1.78. The Morgan fingerprint density at radius 1 is 1.47 bits per heavy atom. The second-order valence-electron chi connectivity index (χ2n) is 4.22. The van der Waals surface area contributed by atoms with E-state index in [-0.39, 0.29) is 11.9 Å². The first kappa shape index (κ1) is 14.6. The molecule has 0 radical (unpaired) electrons. The molecule has 1 atom stereocenters. The van der Waals surface area contributed by atoms with Gasteiger partial charge in [-0.3, -0.25) is 0 Å². The van der Waals surface area contributed by atoms with Crippen LogP contribution in [0.5, 0.6) is 0 Å². The highest BCUT2D eigenvalue weighted by Gasteiger charge is 2.10. The molecule has 1 rings (SSSR count). The van der Waals surface area contributed by atoms with Gasteiger partial charge in [0, 0.05) is 25.7 Å². The van der Waals surface area contributed by atoms with Crippen LogP contribution in [-0.4, -0.2) is 38.6 Å². The third kappa shape index (κ3) is 4.71. The van der Waals surface area contributed by atoms with E-state index in [0.717, 1.165) is 18.7 Å². The molecule has 0 aliphatic carbocycles. The lowest BCUT2D eigenvalue weighted by molar-refractivity contribution is 0.385. The van der Waals surface area contributed by atoms with Crippen molar-refractivity contribution in [1.82, 2.24) is 10.2 Å². The van der Waals surface area contributed by atoms with Gasteiger partial charge in [-0.05, 0) is 47.7 Å². The van der Waals surface area contributed by atoms with Crippen molar-refractivity contribution in [2.45, 2.75) is 6.04 Å². The topological polar surface area (TPSA) is 41.3 Å². The monoisotopic (exact) mass is 303 g/mol. The number of nitrogens with zero attached hydrogens (tertiary/aromatic N) is 1. The highest BCUT2D eigenvalue weighted by atomic mass is 79.9. The molecule has 0 saturated heterocycles. The quantitative estimate of drug-likeness (QED) is 0.841. The van der Waals surface area contributed by atoms with Gasteiger partial charge < -0.3 is 16.0 Å². The molecule has 0 fully saturated rings. The minimum absolute atomic E-state index is 0.00227. The van der Waals surface area contributed by atoms with Gasteiger partial charge in [0.1, 0.15) is 5.82 Å². The van der Waals surface area contributed by atoms with Crippen LogP contribution in [0.15, 0.2) is 22.7 Å². The lowest BCUT2D eigenvalue weighted by Gasteiger charge is -2.19. The standard InChI is InChI=1S/C12H19BrFN3/c1-17(2)6-5-16-12(8-15)9-3-4-10(13)11(14)7-9/h3-4,7,12,16H,5-6,8,15H2,1-2H3. The van der Waals surface area contributed by atoms with Crippen LogP contribution in [0.1, 0.15) is 11.6 Å². The van der Waals surface area contributed by atoms with E-state index in [2.05, 4.69) is 26.1 Å². The number of benzene rings is 1. The Kier molecular flexibility index (Phi) is 6.05. The Morgan fingerprint density at radius 2 is 2.18 bits per heavy atom. The summed E-state index contributed by atoms with van der Waals surface area (Å²) in [5.74, 6) is -0.254. The normalized spacial score (nSPS) is 13.1. The predicted octanol–water partition coefficient (Wildman–Crippen LogP) is 1.74. The predicted molar refractivity (Wildman–Crippen MR) is 72.5 cm³/mol. The largest absolute Gasteiger partial charge is 0.329 e. The Bertz CT molecular complexity index is 358. The maximum Gasteiger partial charge on any atom is 0.137 e. The lowest BCUT2D eigenvalue weighted by atomic mass is 10.1.